The summed E-state index contributed by atoms with van der Waals surface area (Å²) in [6, 6.07) is 1.94. The van der Waals surface area contributed by atoms with E-state index in [1.54, 1.807) is 12.5 Å². The molecular formula is C18H26N6O. The van der Waals surface area contributed by atoms with E-state index in [2.05, 4.69) is 25.3 Å². The Labute approximate surface area is 147 Å². The van der Waals surface area contributed by atoms with Gasteiger partial charge in [-0.1, -0.05) is 19.0 Å². The average Bonchev–Trinajstić information content (AvgIpc) is 3.07. The number of aromatic nitrogens is 5. The molecule has 0 saturated heterocycles. The number of nitrogens with zero attached hydrogens (tertiary/aromatic N) is 5. The van der Waals surface area contributed by atoms with Crippen LogP contribution in [-0.2, 0) is 4.84 Å². The summed E-state index contributed by atoms with van der Waals surface area (Å²) in [5.74, 6) is 0.834. The van der Waals surface area contributed by atoms with Crippen LogP contribution in [-0.4, -0.2) is 36.9 Å². The highest BCUT2D eigenvalue weighted by Gasteiger charge is 2.22. The van der Waals surface area contributed by atoms with Crippen molar-refractivity contribution < 1.29 is 4.84 Å². The fraction of sp³-hybridized carbons (Fsp3) is 0.556. The molecule has 0 atom stereocenters. The maximum absolute atomic E-state index is 5.23. The van der Waals surface area contributed by atoms with Crippen LogP contribution in [0.2, 0.25) is 0 Å². The van der Waals surface area contributed by atoms with Gasteiger partial charge in [0, 0.05) is 6.20 Å². The van der Waals surface area contributed by atoms with E-state index in [1.807, 2.05) is 30.5 Å². The van der Waals surface area contributed by atoms with Gasteiger partial charge in [-0.25, -0.2) is 4.98 Å². The molecule has 134 valence electrons. The third kappa shape index (κ3) is 4.55. The molecular weight excluding hydrogens is 316 g/mol. The lowest BCUT2D eigenvalue weighted by Gasteiger charge is -1.97. The molecule has 0 aromatic carbocycles. The Hall–Kier alpha value is -2.44. The second kappa shape index (κ2) is 8.60. The highest BCUT2D eigenvalue weighted by atomic mass is 16.6. The van der Waals surface area contributed by atoms with Gasteiger partial charge in [-0.15, -0.1) is 10.2 Å². The lowest BCUT2D eigenvalue weighted by molar-refractivity contribution is 0.133. The Morgan fingerprint density at radius 1 is 1.28 bits per heavy atom. The van der Waals surface area contributed by atoms with Gasteiger partial charge in [-0.2, -0.15) is 0 Å². The molecule has 5 rings (SSSR count). The van der Waals surface area contributed by atoms with Crippen molar-refractivity contribution in [3.63, 3.8) is 0 Å². The smallest absolute Gasteiger partial charge is 0.179 e. The number of aromatic amines is 1. The zero-order chi connectivity index (χ0) is 17.5. The van der Waals surface area contributed by atoms with Crippen LogP contribution in [0.25, 0.3) is 16.8 Å². The molecule has 0 radical (unpaired) electrons. The van der Waals surface area contributed by atoms with Crippen LogP contribution in [0.15, 0.2) is 29.9 Å². The maximum atomic E-state index is 5.23. The highest BCUT2D eigenvalue weighted by Crippen LogP contribution is 2.29. The Morgan fingerprint density at radius 3 is 2.84 bits per heavy atom. The Balaban J connectivity index is 0.000000133. The molecule has 3 aromatic rings. The summed E-state index contributed by atoms with van der Waals surface area (Å²) in [6.07, 6.45) is 12.9. The maximum Gasteiger partial charge on any atom is 0.179 e. The molecule has 2 fully saturated rings. The number of rotatable bonds is 3. The quantitative estimate of drug-likeness (QED) is 0.730. The van der Waals surface area contributed by atoms with E-state index in [9.17, 15) is 0 Å². The molecule has 1 N–H and O–H groups in total. The molecule has 0 amide bonds. The minimum Gasteiger partial charge on any atom is -0.396 e. The van der Waals surface area contributed by atoms with Crippen molar-refractivity contribution in [2.45, 2.75) is 52.4 Å². The van der Waals surface area contributed by atoms with Gasteiger partial charge in [-0.3, -0.25) is 4.40 Å². The molecule has 0 aliphatic heterocycles. The SMILES string of the molecule is C1CCC(=NOCC2CC2)C1.CC.c1cc2c(ncc3nncn32)[nH]1. The summed E-state index contributed by atoms with van der Waals surface area (Å²) < 4.78 is 1.89. The lowest BCUT2D eigenvalue weighted by atomic mass is 10.3. The normalized spacial score (nSPS) is 16.2. The summed E-state index contributed by atoms with van der Waals surface area (Å²) in [5, 5.41) is 11.8. The van der Waals surface area contributed by atoms with E-state index in [1.165, 1.54) is 44.2 Å². The summed E-state index contributed by atoms with van der Waals surface area (Å²) in [5.41, 5.74) is 3.90. The molecule has 7 heteroatoms. The number of fused-ring (bicyclic) bond motifs is 3. The third-order valence-electron chi connectivity index (χ3n) is 4.23. The zero-order valence-corrected chi connectivity index (χ0v) is 15.0. The van der Waals surface area contributed by atoms with E-state index >= 15 is 0 Å². The first-order chi connectivity index (χ1) is 12.4. The van der Waals surface area contributed by atoms with Crippen molar-refractivity contribution in [1.82, 2.24) is 24.6 Å². The van der Waals surface area contributed by atoms with Gasteiger partial charge < -0.3 is 9.82 Å². The second-order valence-electron chi connectivity index (χ2n) is 6.13. The van der Waals surface area contributed by atoms with Gasteiger partial charge in [0.1, 0.15) is 12.9 Å². The number of H-pyrrole nitrogens is 1. The van der Waals surface area contributed by atoms with E-state index in [0.717, 1.165) is 29.3 Å². The van der Waals surface area contributed by atoms with Gasteiger partial charge in [0.25, 0.3) is 0 Å². The van der Waals surface area contributed by atoms with E-state index < -0.39 is 0 Å². The zero-order valence-electron chi connectivity index (χ0n) is 15.0. The molecule has 2 aliphatic carbocycles. The molecule has 0 spiro atoms. The summed E-state index contributed by atoms with van der Waals surface area (Å²) in [6.45, 7) is 4.86. The Morgan fingerprint density at radius 2 is 2.08 bits per heavy atom. The van der Waals surface area contributed by atoms with Crippen LogP contribution in [0.3, 0.4) is 0 Å². The number of hydrogen-bond acceptors (Lipinski definition) is 5. The molecule has 2 saturated carbocycles. The molecule has 7 nitrogen and oxygen atoms in total. The monoisotopic (exact) mass is 342 g/mol. The predicted octanol–water partition coefficient (Wildman–Crippen LogP) is 3.97. The number of oxime groups is 1. The van der Waals surface area contributed by atoms with Crippen molar-refractivity contribution in [2.24, 2.45) is 11.1 Å². The van der Waals surface area contributed by atoms with Crippen LogP contribution >= 0.6 is 0 Å². The summed E-state index contributed by atoms with van der Waals surface area (Å²) in [4.78, 5) is 12.4. The van der Waals surface area contributed by atoms with Crippen LogP contribution in [0.5, 0.6) is 0 Å². The first-order valence-corrected chi connectivity index (χ1v) is 9.20. The topological polar surface area (TPSA) is 80.5 Å². The summed E-state index contributed by atoms with van der Waals surface area (Å²) in [7, 11) is 0. The van der Waals surface area contributed by atoms with Crippen molar-refractivity contribution in [2.75, 3.05) is 6.61 Å². The van der Waals surface area contributed by atoms with E-state index in [-0.39, 0.29) is 0 Å². The number of hydrogen-bond donors (Lipinski definition) is 1. The van der Waals surface area contributed by atoms with Crippen molar-refractivity contribution >= 4 is 22.5 Å². The van der Waals surface area contributed by atoms with Crippen molar-refractivity contribution in [3.05, 3.63) is 24.8 Å². The highest BCUT2D eigenvalue weighted by molar-refractivity contribution is 5.85. The minimum absolute atomic E-state index is 0.766. The third-order valence-corrected chi connectivity index (χ3v) is 4.23. The molecule has 0 unspecified atom stereocenters. The van der Waals surface area contributed by atoms with Crippen LogP contribution in [0, 0.1) is 5.92 Å². The lowest BCUT2D eigenvalue weighted by Crippen LogP contribution is -1.94. The second-order valence-corrected chi connectivity index (χ2v) is 6.13. The van der Waals surface area contributed by atoms with E-state index in [0.29, 0.717) is 0 Å². The predicted molar refractivity (Wildman–Crippen MR) is 98.6 cm³/mol. The van der Waals surface area contributed by atoms with Gasteiger partial charge in [0.15, 0.2) is 11.3 Å². The Bertz CT molecular complexity index is 760. The molecule has 0 bridgehead atoms. The standard InChI is InChI=1S/C9H15NO.C7H5N5.C2H6/c1-2-4-9(3-1)10-11-7-8-5-6-8;1-2-8-7-5(1)12-4-10-11-6(12)3-9-7;1-2/h8H,1-7H2;1-4,8H;1-2H3. The van der Waals surface area contributed by atoms with Gasteiger partial charge in [0.2, 0.25) is 0 Å². The molecule has 3 aromatic heterocycles. The Kier molecular flexibility index (Phi) is 5.98. The molecule has 3 heterocycles. The molecule has 2 aliphatic rings. The largest absolute Gasteiger partial charge is 0.396 e. The van der Waals surface area contributed by atoms with Gasteiger partial charge in [0.05, 0.1) is 17.4 Å². The summed E-state index contributed by atoms with van der Waals surface area (Å²) >= 11 is 0. The minimum atomic E-state index is 0.766. The molecule has 25 heavy (non-hydrogen) atoms. The van der Waals surface area contributed by atoms with Crippen LogP contribution in [0.1, 0.15) is 52.4 Å². The first kappa shape index (κ1) is 17.4. The first-order valence-electron chi connectivity index (χ1n) is 9.20. The van der Waals surface area contributed by atoms with Crippen molar-refractivity contribution in [3.8, 4) is 0 Å². The van der Waals surface area contributed by atoms with Crippen LogP contribution in [0.4, 0.5) is 0 Å². The van der Waals surface area contributed by atoms with E-state index in [4.69, 9.17) is 4.84 Å². The van der Waals surface area contributed by atoms with Crippen LogP contribution < -0.4 is 0 Å². The fourth-order valence-corrected chi connectivity index (χ4v) is 2.68. The van der Waals surface area contributed by atoms with Gasteiger partial charge >= 0.3 is 0 Å². The van der Waals surface area contributed by atoms with Crippen molar-refractivity contribution in [1.29, 1.82) is 0 Å². The number of nitrogens with one attached hydrogen (secondary N) is 1. The fourth-order valence-electron chi connectivity index (χ4n) is 2.68. The van der Waals surface area contributed by atoms with Gasteiger partial charge in [-0.05, 0) is 50.5 Å². The average molecular weight is 342 g/mol.